The van der Waals surface area contributed by atoms with Gasteiger partial charge in [-0.1, -0.05) is 12.1 Å². The first-order valence-electron chi connectivity index (χ1n) is 11.2. The van der Waals surface area contributed by atoms with E-state index in [2.05, 4.69) is 34.1 Å². The highest BCUT2D eigenvalue weighted by atomic mass is 16.5. The molecular formula is C25H33N3O2. The van der Waals surface area contributed by atoms with Crippen molar-refractivity contribution < 1.29 is 9.53 Å². The summed E-state index contributed by atoms with van der Waals surface area (Å²) < 4.78 is 5.73. The van der Waals surface area contributed by atoms with Gasteiger partial charge in [0.15, 0.2) is 0 Å². The van der Waals surface area contributed by atoms with Crippen LogP contribution in [0.2, 0.25) is 0 Å². The SMILES string of the molecule is CCN(CC)C(=O)c1ccc(N(c2ccccc2OC)C2CN3CCC2CC3)cc1. The summed E-state index contributed by atoms with van der Waals surface area (Å²) in [5.74, 6) is 1.66. The molecule has 3 aliphatic rings. The molecule has 2 aromatic carbocycles. The summed E-state index contributed by atoms with van der Waals surface area (Å²) in [5.41, 5.74) is 2.97. The molecule has 160 valence electrons. The van der Waals surface area contributed by atoms with E-state index in [1.54, 1.807) is 7.11 Å². The van der Waals surface area contributed by atoms with Crippen LogP contribution in [-0.4, -0.2) is 61.6 Å². The standard InChI is InChI=1S/C25H33N3O2/c1-4-27(5-2)25(29)20-10-12-21(13-11-20)28(22-8-6-7-9-24(22)30-3)23-18-26-16-14-19(23)15-17-26/h6-13,19,23H,4-5,14-18H2,1-3H3. The molecule has 3 saturated heterocycles. The van der Waals surface area contributed by atoms with Crippen LogP contribution in [0.1, 0.15) is 37.0 Å². The Morgan fingerprint density at radius 1 is 1.03 bits per heavy atom. The number of ether oxygens (including phenoxy) is 1. The van der Waals surface area contributed by atoms with Gasteiger partial charge in [0.2, 0.25) is 0 Å². The fraction of sp³-hybridized carbons (Fsp3) is 0.480. The van der Waals surface area contributed by atoms with E-state index in [-0.39, 0.29) is 5.91 Å². The predicted molar refractivity (Wildman–Crippen MR) is 122 cm³/mol. The molecule has 3 aliphatic heterocycles. The zero-order chi connectivity index (χ0) is 21.1. The summed E-state index contributed by atoms with van der Waals surface area (Å²) in [6.07, 6.45) is 2.49. The van der Waals surface area contributed by atoms with Crippen LogP contribution in [-0.2, 0) is 0 Å². The number of fused-ring (bicyclic) bond motifs is 3. The maximum absolute atomic E-state index is 12.8. The van der Waals surface area contributed by atoms with Crippen molar-refractivity contribution in [3.8, 4) is 5.75 Å². The Morgan fingerprint density at radius 3 is 2.27 bits per heavy atom. The van der Waals surface area contributed by atoms with E-state index in [9.17, 15) is 4.79 Å². The van der Waals surface area contributed by atoms with Crippen molar-refractivity contribution in [1.82, 2.24) is 9.80 Å². The lowest BCUT2D eigenvalue weighted by Crippen LogP contribution is -2.56. The second kappa shape index (κ2) is 9.09. The van der Waals surface area contributed by atoms with Crippen LogP contribution in [0, 0.1) is 5.92 Å². The molecule has 0 aromatic heterocycles. The number of para-hydroxylation sites is 2. The molecule has 0 radical (unpaired) electrons. The second-order valence-electron chi connectivity index (χ2n) is 8.27. The zero-order valence-electron chi connectivity index (χ0n) is 18.4. The van der Waals surface area contributed by atoms with Gasteiger partial charge in [0, 0.05) is 36.9 Å². The average molecular weight is 408 g/mol. The summed E-state index contributed by atoms with van der Waals surface area (Å²) in [4.78, 5) is 19.6. The third-order valence-corrected chi connectivity index (χ3v) is 6.74. The average Bonchev–Trinajstić information content (AvgIpc) is 2.81. The van der Waals surface area contributed by atoms with Crippen molar-refractivity contribution in [2.24, 2.45) is 5.92 Å². The largest absolute Gasteiger partial charge is 0.495 e. The number of anilines is 2. The highest BCUT2D eigenvalue weighted by Gasteiger charge is 2.39. The highest BCUT2D eigenvalue weighted by Crippen LogP contribution is 2.41. The zero-order valence-corrected chi connectivity index (χ0v) is 18.4. The molecule has 0 spiro atoms. The first-order chi connectivity index (χ1) is 14.7. The first kappa shape index (κ1) is 20.7. The molecule has 0 saturated carbocycles. The molecule has 3 fully saturated rings. The normalized spacial score (nSPS) is 22.6. The van der Waals surface area contributed by atoms with Gasteiger partial charge in [0.25, 0.3) is 5.91 Å². The Balaban J connectivity index is 1.70. The number of rotatable bonds is 7. The van der Waals surface area contributed by atoms with Gasteiger partial charge in [-0.3, -0.25) is 4.79 Å². The van der Waals surface area contributed by atoms with Crippen molar-refractivity contribution in [2.45, 2.75) is 32.7 Å². The Labute approximate surface area is 180 Å². The topological polar surface area (TPSA) is 36.0 Å². The van der Waals surface area contributed by atoms with E-state index in [0.717, 1.165) is 42.3 Å². The lowest BCUT2D eigenvalue weighted by atomic mass is 9.82. The Bertz CT molecular complexity index is 855. The first-order valence-corrected chi connectivity index (χ1v) is 11.2. The number of benzene rings is 2. The monoisotopic (exact) mass is 407 g/mol. The van der Waals surface area contributed by atoms with Gasteiger partial charge >= 0.3 is 0 Å². The quantitative estimate of drug-likeness (QED) is 0.681. The number of carbonyl (C=O) groups is 1. The minimum absolute atomic E-state index is 0.0956. The molecule has 5 heteroatoms. The number of methoxy groups -OCH3 is 1. The van der Waals surface area contributed by atoms with Crippen LogP contribution >= 0.6 is 0 Å². The van der Waals surface area contributed by atoms with Crippen molar-refractivity contribution in [3.63, 3.8) is 0 Å². The Kier molecular flexibility index (Phi) is 6.28. The number of piperidine rings is 3. The smallest absolute Gasteiger partial charge is 0.253 e. The molecule has 5 rings (SSSR count). The van der Waals surface area contributed by atoms with Crippen molar-refractivity contribution in [2.75, 3.05) is 44.7 Å². The van der Waals surface area contributed by atoms with E-state index in [0.29, 0.717) is 12.0 Å². The van der Waals surface area contributed by atoms with Crippen molar-refractivity contribution in [3.05, 3.63) is 54.1 Å². The number of amides is 1. The summed E-state index contributed by atoms with van der Waals surface area (Å²) in [6.45, 7) is 8.98. The third kappa shape index (κ3) is 3.91. The minimum Gasteiger partial charge on any atom is -0.495 e. The molecule has 1 atom stereocenters. The van der Waals surface area contributed by atoms with Gasteiger partial charge in [-0.15, -0.1) is 0 Å². The van der Waals surface area contributed by atoms with Crippen LogP contribution in [0.15, 0.2) is 48.5 Å². The van der Waals surface area contributed by atoms with E-state index < -0.39 is 0 Å². The Morgan fingerprint density at radius 2 is 1.70 bits per heavy atom. The van der Waals surface area contributed by atoms with Crippen LogP contribution < -0.4 is 9.64 Å². The maximum Gasteiger partial charge on any atom is 0.253 e. The Hall–Kier alpha value is -2.53. The van der Waals surface area contributed by atoms with Crippen molar-refractivity contribution in [1.29, 1.82) is 0 Å². The molecule has 1 amide bonds. The summed E-state index contributed by atoms with van der Waals surface area (Å²) >= 11 is 0. The van der Waals surface area contributed by atoms with E-state index in [4.69, 9.17) is 4.74 Å². The number of hydrogen-bond acceptors (Lipinski definition) is 4. The van der Waals surface area contributed by atoms with Crippen LogP contribution in [0.5, 0.6) is 5.75 Å². The molecule has 0 N–H and O–H groups in total. The molecule has 2 aromatic rings. The maximum atomic E-state index is 12.8. The molecule has 3 heterocycles. The lowest BCUT2D eigenvalue weighted by Gasteiger charge is -2.50. The van der Waals surface area contributed by atoms with Gasteiger partial charge in [-0.25, -0.2) is 0 Å². The fourth-order valence-electron chi connectivity index (χ4n) is 5.02. The molecule has 1 unspecified atom stereocenters. The lowest BCUT2D eigenvalue weighted by molar-refractivity contribution is 0.0773. The van der Waals surface area contributed by atoms with Gasteiger partial charge < -0.3 is 19.4 Å². The summed E-state index contributed by atoms with van der Waals surface area (Å²) in [5, 5.41) is 0. The predicted octanol–water partition coefficient (Wildman–Crippen LogP) is 4.41. The molecule has 30 heavy (non-hydrogen) atoms. The number of nitrogens with zero attached hydrogens (tertiary/aromatic N) is 3. The molecule has 2 bridgehead atoms. The number of hydrogen-bond donors (Lipinski definition) is 0. The van der Waals surface area contributed by atoms with E-state index >= 15 is 0 Å². The van der Waals surface area contributed by atoms with Gasteiger partial charge in [0.05, 0.1) is 12.8 Å². The highest BCUT2D eigenvalue weighted by molar-refractivity contribution is 5.94. The van der Waals surface area contributed by atoms with Gasteiger partial charge in [-0.05, 0) is 82.1 Å². The molecule has 5 nitrogen and oxygen atoms in total. The van der Waals surface area contributed by atoms with Gasteiger partial charge in [0.1, 0.15) is 5.75 Å². The molecule has 0 aliphatic carbocycles. The molecular weight excluding hydrogens is 374 g/mol. The van der Waals surface area contributed by atoms with Crippen LogP contribution in [0.3, 0.4) is 0 Å². The third-order valence-electron chi connectivity index (χ3n) is 6.74. The summed E-state index contributed by atoms with van der Waals surface area (Å²) in [7, 11) is 1.74. The minimum atomic E-state index is 0.0956. The number of carbonyl (C=O) groups excluding carboxylic acids is 1. The summed E-state index contributed by atoms with van der Waals surface area (Å²) in [6, 6.07) is 16.8. The van der Waals surface area contributed by atoms with Gasteiger partial charge in [-0.2, -0.15) is 0 Å². The van der Waals surface area contributed by atoms with Crippen molar-refractivity contribution >= 4 is 17.3 Å². The second-order valence-corrected chi connectivity index (χ2v) is 8.27. The van der Waals surface area contributed by atoms with E-state index in [1.807, 2.05) is 43.0 Å². The van der Waals surface area contributed by atoms with Crippen LogP contribution in [0.25, 0.3) is 0 Å². The fourth-order valence-corrected chi connectivity index (χ4v) is 5.02. The van der Waals surface area contributed by atoms with E-state index in [1.165, 1.54) is 25.9 Å². The van der Waals surface area contributed by atoms with Crippen LogP contribution in [0.4, 0.5) is 11.4 Å².